The monoisotopic (exact) mass is 217 g/mol. The van der Waals surface area contributed by atoms with Crippen LogP contribution in [0.2, 0.25) is 0 Å². The fourth-order valence-electron chi connectivity index (χ4n) is 0.818. The first-order valence-electron chi connectivity index (χ1n) is 4.29. The van der Waals surface area contributed by atoms with E-state index in [2.05, 4.69) is 31.8 Å². The minimum absolute atomic E-state index is 0.264. The topological polar surface area (TPSA) is 112 Å². The number of carbonyl (C=O) groups is 1. The van der Waals surface area contributed by atoms with Gasteiger partial charge in [-0.3, -0.25) is 0 Å². The molecule has 1 N–H and O–H groups in total. The number of rotatable bonds is 3. The summed E-state index contributed by atoms with van der Waals surface area (Å²) >= 11 is 0. The van der Waals surface area contributed by atoms with E-state index in [1.165, 1.54) is 12.4 Å². The largest absolute Gasteiger partial charge is 0.475 e. The Morgan fingerprint density at radius 3 is 2.81 bits per heavy atom. The Balaban J connectivity index is 2.61. The van der Waals surface area contributed by atoms with Crippen LogP contribution in [0.4, 0.5) is 0 Å². The van der Waals surface area contributed by atoms with Crippen LogP contribution in [-0.2, 0) is 0 Å². The lowest BCUT2D eigenvalue weighted by molar-refractivity contribution is 0.0683. The minimum Gasteiger partial charge on any atom is -0.475 e. The normalized spacial score (nSPS) is 8.50. The Bertz CT molecular complexity index is 479. The lowest BCUT2D eigenvalue weighted by Gasteiger charge is -1.91. The fraction of sp³-hybridized carbons (Fsp3) is 0.222. The van der Waals surface area contributed by atoms with Crippen LogP contribution in [0.15, 0.2) is 17.5 Å². The molecule has 7 heteroatoms. The van der Waals surface area contributed by atoms with Crippen molar-refractivity contribution in [3.05, 3.63) is 34.2 Å². The zero-order chi connectivity index (χ0) is 11.8. The maximum absolute atomic E-state index is 10.4. The van der Waals surface area contributed by atoms with Gasteiger partial charge in [-0.2, -0.15) is 0 Å². The quantitative estimate of drug-likeness (QED) is 0.269. The van der Waals surface area contributed by atoms with Crippen LogP contribution < -0.4 is 0 Å². The maximum Gasteiger partial charge on any atom is 0.373 e. The summed E-state index contributed by atoms with van der Waals surface area (Å²) in [6.45, 7) is 0.303. The van der Waals surface area contributed by atoms with Gasteiger partial charge in [0.05, 0.1) is 5.56 Å². The molecule has 0 radical (unpaired) electrons. The molecule has 0 atom stereocenters. The van der Waals surface area contributed by atoms with Gasteiger partial charge in [0.2, 0.25) is 5.82 Å². The van der Waals surface area contributed by atoms with Gasteiger partial charge in [0.1, 0.15) is 0 Å². The lowest BCUT2D eigenvalue weighted by atomic mass is 10.3. The predicted octanol–water partition coefficient (Wildman–Crippen LogP) is 1.23. The van der Waals surface area contributed by atoms with Crippen LogP contribution in [-0.4, -0.2) is 27.6 Å². The first-order valence-corrected chi connectivity index (χ1v) is 4.29. The standard InChI is InChI=1S/C9H7N5O2/c10-14-13-4-2-1-3-7-5-11-8(9(15)16)12-6-7/h5-6H,2,4H2,(H,15,16). The van der Waals surface area contributed by atoms with Crippen LogP contribution in [0.1, 0.15) is 22.6 Å². The molecule has 80 valence electrons. The first-order chi connectivity index (χ1) is 7.74. The summed E-state index contributed by atoms with van der Waals surface area (Å²) in [5.41, 5.74) is 8.52. The summed E-state index contributed by atoms with van der Waals surface area (Å²) in [6, 6.07) is 0. The number of hydrogen-bond acceptors (Lipinski definition) is 4. The third-order valence-electron chi connectivity index (χ3n) is 1.48. The summed E-state index contributed by atoms with van der Waals surface area (Å²) < 4.78 is 0. The Labute approximate surface area is 90.8 Å². The van der Waals surface area contributed by atoms with Gasteiger partial charge in [0, 0.05) is 30.3 Å². The van der Waals surface area contributed by atoms with Crippen LogP contribution >= 0.6 is 0 Å². The van der Waals surface area contributed by atoms with Gasteiger partial charge in [-0.25, -0.2) is 14.8 Å². The van der Waals surface area contributed by atoms with Crippen LogP contribution in [0, 0.1) is 11.8 Å². The van der Waals surface area contributed by atoms with E-state index in [1.807, 2.05) is 0 Å². The molecular weight excluding hydrogens is 210 g/mol. The van der Waals surface area contributed by atoms with Gasteiger partial charge in [0.25, 0.3) is 0 Å². The second kappa shape index (κ2) is 6.01. The molecule has 0 aliphatic rings. The van der Waals surface area contributed by atoms with E-state index >= 15 is 0 Å². The number of carboxylic acid groups (broad SMARTS) is 1. The number of aromatic carboxylic acids is 1. The van der Waals surface area contributed by atoms with Crippen molar-refractivity contribution in [3.63, 3.8) is 0 Å². The molecule has 0 amide bonds. The van der Waals surface area contributed by atoms with Crippen molar-refractivity contribution < 1.29 is 9.90 Å². The van der Waals surface area contributed by atoms with Crippen molar-refractivity contribution in [2.75, 3.05) is 6.54 Å². The Hall–Kier alpha value is -2.58. The van der Waals surface area contributed by atoms with Crippen LogP contribution in [0.25, 0.3) is 10.4 Å². The van der Waals surface area contributed by atoms with Crippen LogP contribution in [0.3, 0.4) is 0 Å². The molecule has 7 nitrogen and oxygen atoms in total. The van der Waals surface area contributed by atoms with Gasteiger partial charge >= 0.3 is 5.97 Å². The van der Waals surface area contributed by atoms with E-state index in [1.54, 1.807) is 0 Å². The number of hydrogen-bond donors (Lipinski definition) is 1. The SMILES string of the molecule is [N-]=[N+]=NCCC#Cc1cnc(C(=O)O)nc1. The van der Waals surface area contributed by atoms with E-state index in [9.17, 15) is 4.79 Å². The summed E-state index contributed by atoms with van der Waals surface area (Å²) in [6.07, 6.45) is 3.10. The molecule has 1 rings (SSSR count). The summed E-state index contributed by atoms with van der Waals surface area (Å²) in [5, 5.41) is 11.9. The van der Waals surface area contributed by atoms with E-state index in [0.29, 0.717) is 18.5 Å². The number of carboxylic acids is 1. The molecule has 0 aliphatic heterocycles. The van der Waals surface area contributed by atoms with E-state index in [0.717, 1.165) is 0 Å². The first kappa shape index (κ1) is 11.5. The van der Waals surface area contributed by atoms with Crippen molar-refractivity contribution in [2.24, 2.45) is 5.11 Å². The van der Waals surface area contributed by atoms with Gasteiger partial charge in [-0.05, 0) is 5.53 Å². The highest BCUT2D eigenvalue weighted by molar-refractivity contribution is 5.82. The Kier molecular flexibility index (Phi) is 4.32. The van der Waals surface area contributed by atoms with Gasteiger partial charge in [0.15, 0.2) is 0 Å². The van der Waals surface area contributed by atoms with Crippen molar-refractivity contribution in [1.82, 2.24) is 9.97 Å². The lowest BCUT2D eigenvalue weighted by Crippen LogP contribution is -2.03. The van der Waals surface area contributed by atoms with E-state index < -0.39 is 5.97 Å². The molecule has 0 aromatic carbocycles. The highest BCUT2D eigenvalue weighted by Crippen LogP contribution is 1.94. The second-order valence-electron chi connectivity index (χ2n) is 2.61. The maximum atomic E-state index is 10.4. The molecule has 0 spiro atoms. The smallest absolute Gasteiger partial charge is 0.373 e. The van der Waals surface area contributed by atoms with Crippen molar-refractivity contribution in [3.8, 4) is 11.8 Å². The average Bonchev–Trinajstić information content (AvgIpc) is 2.29. The summed E-state index contributed by atoms with van der Waals surface area (Å²) in [5.74, 6) is 4.02. The zero-order valence-electron chi connectivity index (χ0n) is 8.16. The number of aromatic nitrogens is 2. The molecule has 0 saturated carbocycles. The average molecular weight is 217 g/mol. The van der Waals surface area contributed by atoms with Crippen LogP contribution in [0.5, 0.6) is 0 Å². The predicted molar refractivity (Wildman–Crippen MR) is 54.5 cm³/mol. The highest BCUT2D eigenvalue weighted by Gasteiger charge is 2.03. The second-order valence-corrected chi connectivity index (χ2v) is 2.61. The number of azide groups is 1. The highest BCUT2D eigenvalue weighted by atomic mass is 16.4. The van der Waals surface area contributed by atoms with Gasteiger partial charge in [-0.15, -0.1) is 0 Å². The van der Waals surface area contributed by atoms with E-state index in [-0.39, 0.29) is 5.82 Å². The minimum atomic E-state index is -1.18. The summed E-state index contributed by atoms with van der Waals surface area (Å²) in [7, 11) is 0. The Morgan fingerprint density at radius 2 is 2.25 bits per heavy atom. The van der Waals surface area contributed by atoms with Crippen molar-refractivity contribution in [1.29, 1.82) is 0 Å². The Morgan fingerprint density at radius 1 is 1.56 bits per heavy atom. The molecule has 0 aliphatic carbocycles. The molecule has 1 aromatic rings. The van der Waals surface area contributed by atoms with Crippen molar-refractivity contribution >= 4 is 5.97 Å². The third-order valence-corrected chi connectivity index (χ3v) is 1.48. The zero-order valence-corrected chi connectivity index (χ0v) is 8.16. The van der Waals surface area contributed by atoms with Gasteiger partial charge in [-0.1, -0.05) is 17.0 Å². The molecule has 1 aromatic heterocycles. The molecule has 0 bridgehead atoms. The molecule has 1 heterocycles. The summed E-state index contributed by atoms with van der Waals surface area (Å²) in [4.78, 5) is 20.2. The molecular formula is C9H7N5O2. The number of nitrogens with zero attached hydrogens (tertiary/aromatic N) is 5. The van der Waals surface area contributed by atoms with Gasteiger partial charge < -0.3 is 5.11 Å². The third kappa shape index (κ3) is 3.65. The van der Waals surface area contributed by atoms with Crippen molar-refractivity contribution in [2.45, 2.75) is 6.42 Å². The fourth-order valence-corrected chi connectivity index (χ4v) is 0.818. The molecule has 0 unspecified atom stereocenters. The van der Waals surface area contributed by atoms with E-state index in [4.69, 9.17) is 10.6 Å². The molecule has 16 heavy (non-hydrogen) atoms. The molecule has 0 saturated heterocycles. The molecule has 0 fully saturated rings.